The number of ether oxygens (including phenoxy) is 2. The molecular weight excluding hydrogens is 230 g/mol. The van der Waals surface area contributed by atoms with Gasteiger partial charge < -0.3 is 15.2 Å². The molecule has 1 rings (SSSR count). The smallest absolute Gasteiger partial charge is 0.319 e. The van der Waals surface area contributed by atoms with Crippen molar-refractivity contribution in [1.82, 2.24) is 0 Å². The van der Waals surface area contributed by atoms with Crippen molar-refractivity contribution >= 4 is 5.97 Å². The Balaban J connectivity index is 2.46. The van der Waals surface area contributed by atoms with E-state index >= 15 is 0 Å². The summed E-state index contributed by atoms with van der Waals surface area (Å²) in [5, 5.41) is 0. The van der Waals surface area contributed by atoms with Gasteiger partial charge in [0.05, 0.1) is 6.54 Å². The van der Waals surface area contributed by atoms with Gasteiger partial charge in [-0.05, 0) is 23.1 Å². The average molecular weight is 251 g/mol. The lowest BCUT2D eigenvalue weighted by Crippen LogP contribution is -2.19. The second-order valence-electron chi connectivity index (χ2n) is 5.05. The third-order valence-electron chi connectivity index (χ3n) is 2.48. The number of esters is 1. The summed E-state index contributed by atoms with van der Waals surface area (Å²) in [5.74, 6) is 0.369. The van der Waals surface area contributed by atoms with Crippen LogP contribution in [0.4, 0.5) is 0 Å². The number of nitrogens with two attached hydrogens (primary N) is 1. The molecule has 0 saturated heterocycles. The van der Waals surface area contributed by atoms with Crippen LogP contribution >= 0.6 is 0 Å². The largest absolute Gasteiger partial charge is 0.490 e. The van der Waals surface area contributed by atoms with Crippen molar-refractivity contribution in [1.29, 1.82) is 0 Å². The van der Waals surface area contributed by atoms with Crippen LogP contribution in [0.3, 0.4) is 0 Å². The van der Waals surface area contributed by atoms with Gasteiger partial charge in [0, 0.05) is 0 Å². The van der Waals surface area contributed by atoms with Crippen LogP contribution in [0.15, 0.2) is 24.3 Å². The highest BCUT2D eigenvalue weighted by Gasteiger charge is 2.13. The second-order valence-corrected chi connectivity index (χ2v) is 5.05. The van der Waals surface area contributed by atoms with Crippen LogP contribution in [-0.4, -0.2) is 25.7 Å². The van der Waals surface area contributed by atoms with Gasteiger partial charge in [0.15, 0.2) is 0 Å². The summed E-state index contributed by atoms with van der Waals surface area (Å²) in [5.41, 5.74) is 6.41. The van der Waals surface area contributed by atoms with E-state index < -0.39 is 5.97 Å². The highest BCUT2D eigenvalue weighted by molar-refractivity contribution is 5.71. The molecule has 4 nitrogen and oxygen atoms in total. The van der Waals surface area contributed by atoms with E-state index in [0.717, 1.165) is 5.75 Å². The molecule has 0 atom stereocenters. The molecule has 0 aromatic heterocycles. The number of benzene rings is 1. The van der Waals surface area contributed by atoms with E-state index in [1.54, 1.807) is 0 Å². The Morgan fingerprint density at radius 3 is 2.61 bits per heavy atom. The van der Waals surface area contributed by atoms with Gasteiger partial charge in [-0.3, -0.25) is 4.79 Å². The summed E-state index contributed by atoms with van der Waals surface area (Å²) in [6.45, 7) is 6.90. The molecule has 0 unspecified atom stereocenters. The molecule has 0 spiro atoms. The molecule has 18 heavy (non-hydrogen) atoms. The Hall–Kier alpha value is -1.55. The van der Waals surface area contributed by atoms with E-state index in [2.05, 4.69) is 26.8 Å². The van der Waals surface area contributed by atoms with Crippen molar-refractivity contribution in [2.24, 2.45) is 5.73 Å². The van der Waals surface area contributed by atoms with Gasteiger partial charge in [-0.25, -0.2) is 0 Å². The predicted molar refractivity (Wildman–Crippen MR) is 70.7 cm³/mol. The monoisotopic (exact) mass is 251 g/mol. The molecule has 1 aromatic rings. The third kappa shape index (κ3) is 4.75. The first-order chi connectivity index (χ1) is 8.43. The van der Waals surface area contributed by atoms with Crippen LogP contribution < -0.4 is 10.5 Å². The predicted octanol–water partition coefficient (Wildman–Crippen LogP) is 1.86. The van der Waals surface area contributed by atoms with E-state index in [4.69, 9.17) is 15.2 Å². The maximum atomic E-state index is 10.8. The zero-order valence-corrected chi connectivity index (χ0v) is 11.2. The van der Waals surface area contributed by atoms with E-state index in [0.29, 0.717) is 6.61 Å². The van der Waals surface area contributed by atoms with Crippen LogP contribution in [0.5, 0.6) is 5.75 Å². The Labute approximate surface area is 108 Å². The minimum Gasteiger partial charge on any atom is -0.490 e. The van der Waals surface area contributed by atoms with Crippen molar-refractivity contribution in [2.75, 3.05) is 19.8 Å². The van der Waals surface area contributed by atoms with Crippen LogP contribution in [0.2, 0.25) is 0 Å². The molecule has 0 bridgehead atoms. The summed E-state index contributed by atoms with van der Waals surface area (Å²) in [6, 6.07) is 7.92. The van der Waals surface area contributed by atoms with Crippen molar-refractivity contribution in [3.8, 4) is 5.75 Å². The fraction of sp³-hybridized carbons (Fsp3) is 0.500. The van der Waals surface area contributed by atoms with E-state index in [1.165, 1.54) is 5.56 Å². The first kappa shape index (κ1) is 14.5. The molecular formula is C14H21NO3. The molecule has 0 saturated carbocycles. The number of hydrogen-bond acceptors (Lipinski definition) is 4. The highest BCUT2D eigenvalue weighted by Crippen LogP contribution is 2.25. The fourth-order valence-corrected chi connectivity index (χ4v) is 1.43. The van der Waals surface area contributed by atoms with Crippen LogP contribution in [0.1, 0.15) is 26.3 Å². The minimum atomic E-state index is -0.415. The van der Waals surface area contributed by atoms with E-state index in [-0.39, 0.29) is 18.6 Å². The Morgan fingerprint density at radius 2 is 2.00 bits per heavy atom. The average Bonchev–Trinajstić information content (AvgIpc) is 2.33. The first-order valence-electron chi connectivity index (χ1n) is 6.02. The normalized spacial score (nSPS) is 11.1. The zero-order valence-electron chi connectivity index (χ0n) is 11.2. The van der Waals surface area contributed by atoms with Gasteiger partial charge in [0.2, 0.25) is 0 Å². The molecule has 4 heteroatoms. The summed E-state index contributed by atoms with van der Waals surface area (Å²) in [4.78, 5) is 10.8. The van der Waals surface area contributed by atoms with Crippen LogP contribution in [0.25, 0.3) is 0 Å². The van der Waals surface area contributed by atoms with Crippen molar-refractivity contribution < 1.29 is 14.3 Å². The summed E-state index contributed by atoms with van der Waals surface area (Å²) >= 11 is 0. The van der Waals surface area contributed by atoms with Gasteiger partial charge in [-0.1, -0.05) is 32.9 Å². The lowest BCUT2D eigenvalue weighted by atomic mass is 9.87. The van der Waals surface area contributed by atoms with Crippen molar-refractivity contribution in [3.05, 3.63) is 29.8 Å². The van der Waals surface area contributed by atoms with Gasteiger partial charge in [-0.2, -0.15) is 0 Å². The number of carbonyl (C=O) groups is 1. The molecule has 0 aliphatic heterocycles. The zero-order chi connectivity index (χ0) is 13.6. The van der Waals surface area contributed by atoms with E-state index in [9.17, 15) is 4.79 Å². The molecule has 0 aliphatic carbocycles. The van der Waals surface area contributed by atoms with Crippen molar-refractivity contribution in [2.45, 2.75) is 26.2 Å². The SMILES string of the molecule is CC(C)(C)c1cccc(OCCOC(=O)CN)c1. The Kier molecular flexibility index (Phi) is 5.16. The summed E-state index contributed by atoms with van der Waals surface area (Å²) in [6.07, 6.45) is 0. The first-order valence-corrected chi connectivity index (χ1v) is 6.02. The van der Waals surface area contributed by atoms with Gasteiger partial charge in [0.25, 0.3) is 0 Å². The molecule has 0 radical (unpaired) electrons. The third-order valence-corrected chi connectivity index (χ3v) is 2.48. The molecule has 100 valence electrons. The standard InChI is InChI=1S/C14H21NO3/c1-14(2,3)11-5-4-6-12(9-11)17-7-8-18-13(16)10-15/h4-6,9H,7-8,10,15H2,1-3H3. The minimum absolute atomic E-state index is 0.0887. The summed E-state index contributed by atoms with van der Waals surface area (Å²) < 4.78 is 10.3. The molecule has 2 N–H and O–H groups in total. The van der Waals surface area contributed by atoms with E-state index in [1.807, 2.05) is 18.2 Å². The molecule has 0 amide bonds. The van der Waals surface area contributed by atoms with Gasteiger partial charge in [0.1, 0.15) is 19.0 Å². The van der Waals surface area contributed by atoms with Gasteiger partial charge in [-0.15, -0.1) is 0 Å². The quantitative estimate of drug-likeness (QED) is 0.641. The second kappa shape index (κ2) is 6.40. The highest BCUT2D eigenvalue weighted by atomic mass is 16.6. The van der Waals surface area contributed by atoms with Gasteiger partial charge >= 0.3 is 5.97 Å². The summed E-state index contributed by atoms with van der Waals surface area (Å²) in [7, 11) is 0. The van der Waals surface area contributed by atoms with Crippen LogP contribution in [-0.2, 0) is 14.9 Å². The molecule has 0 heterocycles. The molecule has 0 aliphatic rings. The number of rotatable bonds is 5. The Bertz CT molecular complexity index is 396. The lowest BCUT2D eigenvalue weighted by Gasteiger charge is -2.19. The number of carbonyl (C=O) groups excluding carboxylic acids is 1. The maximum Gasteiger partial charge on any atom is 0.319 e. The number of hydrogen-bond donors (Lipinski definition) is 1. The maximum absolute atomic E-state index is 10.8. The lowest BCUT2D eigenvalue weighted by molar-refractivity contribution is -0.142. The Morgan fingerprint density at radius 1 is 1.28 bits per heavy atom. The topological polar surface area (TPSA) is 61.5 Å². The molecule has 0 fully saturated rings. The van der Waals surface area contributed by atoms with Crippen molar-refractivity contribution in [3.63, 3.8) is 0 Å². The molecule has 1 aromatic carbocycles. The van der Waals surface area contributed by atoms with Crippen LogP contribution in [0, 0.1) is 0 Å². The fourth-order valence-electron chi connectivity index (χ4n) is 1.43.